The molecule has 1 saturated carbocycles. The number of carbonyl (C=O) groups excluding carboxylic acids is 4. The Kier molecular flexibility index (Phi) is 20.4. The molecular weight excluding hydrogens is 805 g/mol. The number of carbonyl (C=O) groups is 4. The van der Waals surface area contributed by atoms with Gasteiger partial charge in [0.15, 0.2) is 0 Å². The Labute approximate surface area is 368 Å². The quantitative estimate of drug-likeness (QED) is 0.0975. The van der Waals surface area contributed by atoms with E-state index >= 15 is 0 Å². The molecule has 14 nitrogen and oxygen atoms in total. The number of esters is 1. The van der Waals surface area contributed by atoms with Crippen molar-refractivity contribution in [2.75, 3.05) is 45.9 Å². The van der Waals surface area contributed by atoms with Crippen LogP contribution in [-0.4, -0.2) is 144 Å². The first-order valence-electron chi connectivity index (χ1n) is 22.6. The SMILES string of the molecule is CO[C@H]1C[C@@H](C)C/C(C)=C/[C@@H](CCCSCCN)C(=O)C[C@H](O)[C@@H](C)[C@@H](/C(C)=C/[C@@H]2CC[C@@H](O)[C@H](OC)C2)OC(=O)[C@@H]2CCCCN2C(=O)C(=O)[C@]2(O)O[C@H]1[C@@H](OC)C[C@H]2C. The molecule has 0 spiro atoms. The summed E-state index contributed by atoms with van der Waals surface area (Å²) in [5.74, 6) is -5.92. The van der Waals surface area contributed by atoms with Gasteiger partial charge in [0.05, 0.1) is 30.5 Å². The first-order chi connectivity index (χ1) is 29.0. The number of hydrogen-bond donors (Lipinski definition) is 4. The predicted molar refractivity (Wildman–Crippen MR) is 233 cm³/mol. The molecule has 3 fully saturated rings. The number of ether oxygens (including phenoxy) is 5. The Morgan fingerprint density at radius 1 is 0.934 bits per heavy atom. The number of fused-ring (bicyclic) bond motifs is 3. The van der Waals surface area contributed by atoms with Gasteiger partial charge in [-0.2, -0.15) is 11.8 Å². The third-order valence-corrected chi connectivity index (χ3v) is 14.6. The van der Waals surface area contributed by atoms with Crippen LogP contribution >= 0.6 is 11.8 Å². The van der Waals surface area contributed by atoms with Gasteiger partial charge in [-0.3, -0.25) is 14.4 Å². The smallest absolute Gasteiger partial charge is 0.329 e. The molecule has 0 radical (unpaired) electrons. The Bertz CT molecular complexity index is 1530. The van der Waals surface area contributed by atoms with Crippen molar-refractivity contribution in [3.63, 3.8) is 0 Å². The molecule has 2 bridgehead atoms. The van der Waals surface area contributed by atoms with Gasteiger partial charge in [0.25, 0.3) is 11.7 Å². The molecule has 3 heterocycles. The van der Waals surface area contributed by atoms with Gasteiger partial charge in [0.1, 0.15) is 24.0 Å². The molecule has 0 unspecified atom stereocenters. The minimum Gasteiger partial charge on any atom is -0.456 e. The lowest BCUT2D eigenvalue weighted by Gasteiger charge is -2.47. The Morgan fingerprint density at radius 3 is 2.30 bits per heavy atom. The lowest BCUT2D eigenvalue weighted by Crippen LogP contribution is -2.64. The average molecular weight is 881 g/mol. The second-order valence-corrected chi connectivity index (χ2v) is 19.5. The zero-order chi connectivity index (χ0) is 45.0. The largest absolute Gasteiger partial charge is 0.456 e. The van der Waals surface area contributed by atoms with Gasteiger partial charge < -0.3 is 49.6 Å². The zero-order valence-corrected chi connectivity index (χ0v) is 38.7. The first-order valence-corrected chi connectivity index (χ1v) is 23.7. The van der Waals surface area contributed by atoms with E-state index in [9.17, 15) is 34.5 Å². The van der Waals surface area contributed by atoms with Gasteiger partial charge in [-0.05, 0) is 108 Å². The number of ketones is 2. The number of rotatable bonds is 11. The number of hydrogen-bond acceptors (Lipinski definition) is 14. The summed E-state index contributed by atoms with van der Waals surface area (Å²) in [5, 5.41) is 34.4. The van der Waals surface area contributed by atoms with E-state index in [0.717, 1.165) is 23.5 Å². The van der Waals surface area contributed by atoms with Gasteiger partial charge in [-0.1, -0.05) is 38.5 Å². The minimum atomic E-state index is -2.51. The van der Waals surface area contributed by atoms with Crippen LogP contribution in [0.5, 0.6) is 0 Å². The molecule has 0 aromatic carbocycles. The molecule has 3 aliphatic heterocycles. The molecule has 2 saturated heterocycles. The van der Waals surface area contributed by atoms with Crippen molar-refractivity contribution < 1.29 is 58.2 Å². The molecule has 1 amide bonds. The van der Waals surface area contributed by atoms with Crippen LogP contribution in [0.2, 0.25) is 0 Å². The molecule has 348 valence electrons. The number of aliphatic hydroxyl groups is 3. The Balaban J connectivity index is 1.77. The number of Topliss-reactive ketones (excluding diaryl/α,β-unsaturated/α-hetero) is 2. The topological polar surface area (TPSA) is 204 Å². The number of piperidine rings is 1. The van der Waals surface area contributed by atoms with E-state index in [1.807, 2.05) is 26.0 Å². The van der Waals surface area contributed by atoms with Gasteiger partial charge in [-0.15, -0.1) is 0 Å². The molecule has 14 atom stereocenters. The summed E-state index contributed by atoms with van der Waals surface area (Å²) in [6, 6.07) is -1.14. The van der Waals surface area contributed by atoms with Gasteiger partial charge in [0.2, 0.25) is 5.79 Å². The highest BCUT2D eigenvalue weighted by molar-refractivity contribution is 7.99. The van der Waals surface area contributed by atoms with Crippen LogP contribution in [0.4, 0.5) is 0 Å². The normalized spacial score (nSPS) is 39.1. The molecule has 0 aromatic heterocycles. The van der Waals surface area contributed by atoms with Crippen LogP contribution in [0.3, 0.4) is 0 Å². The number of allylic oxidation sites excluding steroid dienone is 3. The molecule has 61 heavy (non-hydrogen) atoms. The molecule has 4 aliphatic rings. The zero-order valence-electron chi connectivity index (χ0n) is 37.9. The van der Waals surface area contributed by atoms with Crippen molar-refractivity contribution in [2.45, 2.75) is 166 Å². The molecular formula is C46H76N2O12S. The Morgan fingerprint density at radius 2 is 1.62 bits per heavy atom. The highest BCUT2D eigenvalue weighted by atomic mass is 32.2. The van der Waals surface area contributed by atoms with Crippen molar-refractivity contribution in [1.29, 1.82) is 0 Å². The first kappa shape index (κ1) is 51.4. The van der Waals surface area contributed by atoms with Crippen molar-refractivity contribution in [1.82, 2.24) is 4.90 Å². The molecule has 5 N–H and O–H groups in total. The van der Waals surface area contributed by atoms with Crippen LogP contribution in [0.15, 0.2) is 23.3 Å². The summed E-state index contributed by atoms with van der Waals surface area (Å²) in [6.45, 7) is 9.94. The van der Waals surface area contributed by atoms with Gasteiger partial charge >= 0.3 is 5.97 Å². The lowest BCUT2D eigenvalue weighted by atomic mass is 9.81. The van der Waals surface area contributed by atoms with Crippen LogP contribution in [-0.2, 0) is 42.9 Å². The third-order valence-electron chi connectivity index (χ3n) is 13.5. The van der Waals surface area contributed by atoms with Crippen LogP contribution < -0.4 is 5.73 Å². The fraction of sp³-hybridized carbons (Fsp3) is 0.826. The standard InChI is InChI=1S/C46H76N2O12S/c1-27-20-28(2)22-39(57-7)42-40(58-8)24-30(4)46(55,60-42)43(52)44(53)48-17-10-9-13-34(48)45(54)59-41(29(3)23-32-14-15-35(49)38(25-32)56-6)31(5)36(50)26-37(51)33(21-27)12-11-18-61-19-16-47/h21,23,28,30-36,38-42,49-50,55H,9-20,22,24-26,47H2,1-8H3/b27-21+,29-23+/t28-,30+,31+,32-,33+,34-,35+,36-,38+,39-,40-,41+,42+,46+/m0/s1. The van der Waals surface area contributed by atoms with Crippen molar-refractivity contribution >= 4 is 35.2 Å². The summed E-state index contributed by atoms with van der Waals surface area (Å²) < 4.78 is 30.0. The van der Waals surface area contributed by atoms with Gasteiger partial charge in [0, 0.05) is 64.3 Å². The summed E-state index contributed by atoms with van der Waals surface area (Å²) in [6.07, 6.45) is 4.43. The number of nitrogens with zero attached hydrogens (tertiary/aromatic N) is 1. The average Bonchev–Trinajstić information content (AvgIpc) is 3.24. The summed E-state index contributed by atoms with van der Waals surface area (Å²) in [5.41, 5.74) is 7.38. The number of methoxy groups -OCH3 is 3. The molecule has 15 heteroatoms. The van der Waals surface area contributed by atoms with Crippen molar-refractivity contribution in [2.24, 2.45) is 35.3 Å². The Hall–Kier alpha value is -2.21. The molecule has 0 aromatic rings. The van der Waals surface area contributed by atoms with Crippen LogP contribution in [0.1, 0.15) is 112 Å². The van der Waals surface area contributed by atoms with Crippen molar-refractivity contribution in [3.05, 3.63) is 23.3 Å². The molecule has 4 rings (SSSR count). The number of cyclic esters (lactones) is 1. The van der Waals surface area contributed by atoms with Crippen LogP contribution in [0, 0.1) is 29.6 Å². The van der Waals surface area contributed by atoms with E-state index in [2.05, 4.69) is 6.92 Å². The van der Waals surface area contributed by atoms with E-state index in [1.165, 1.54) is 19.1 Å². The lowest BCUT2D eigenvalue weighted by molar-refractivity contribution is -0.302. The van der Waals surface area contributed by atoms with Gasteiger partial charge in [-0.25, -0.2) is 4.79 Å². The number of aliphatic hydroxyl groups excluding tert-OH is 2. The fourth-order valence-corrected chi connectivity index (χ4v) is 10.6. The van der Waals surface area contributed by atoms with E-state index in [0.29, 0.717) is 63.5 Å². The predicted octanol–water partition coefficient (Wildman–Crippen LogP) is 4.54. The highest BCUT2D eigenvalue weighted by Crippen LogP contribution is 2.39. The van der Waals surface area contributed by atoms with E-state index in [-0.39, 0.29) is 49.5 Å². The second kappa shape index (κ2) is 24.2. The third kappa shape index (κ3) is 13.4. The maximum atomic E-state index is 14.4. The maximum absolute atomic E-state index is 14.4. The monoisotopic (exact) mass is 881 g/mol. The highest BCUT2D eigenvalue weighted by Gasteiger charge is 2.56. The van der Waals surface area contributed by atoms with Crippen LogP contribution in [0.25, 0.3) is 0 Å². The number of amides is 1. The minimum absolute atomic E-state index is 0.0111. The fourth-order valence-electron chi connectivity index (χ4n) is 9.88. The second-order valence-electron chi connectivity index (χ2n) is 18.3. The maximum Gasteiger partial charge on any atom is 0.329 e. The van der Waals surface area contributed by atoms with E-state index in [4.69, 9.17) is 29.4 Å². The van der Waals surface area contributed by atoms with Crippen molar-refractivity contribution in [3.8, 4) is 0 Å². The summed E-state index contributed by atoms with van der Waals surface area (Å²) >= 11 is 1.74. The summed E-state index contributed by atoms with van der Waals surface area (Å²) in [4.78, 5) is 58.4. The van der Waals surface area contributed by atoms with E-state index < -0.39 is 83.9 Å². The molecule has 1 aliphatic carbocycles. The number of thioether (sulfide) groups is 1. The number of nitrogens with two attached hydrogens (primary N) is 1. The van der Waals surface area contributed by atoms with E-state index in [1.54, 1.807) is 32.7 Å². The summed E-state index contributed by atoms with van der Waals surface area (Å²) in [7, 11) is 4.64.